The number of nitrogens with two attached hydrogens (primary N) is 1. The third kappa shape index (κ3) is 4.36. The predicted octanol–water partition coefficient (Wildman–Crippen LogP) is 2.00. The first-order valence-corrected chi connectivity index (χ1v) is 6.36. The van der Waals surface area contributed by atoms with Gasteiger partial charge in [-0.3, -0.25) is 11.3 Å². The Labute approximate surface area is 115 Å². The normalized spacial score (nSPS) is 20.9. The first-order valence-electron chi connectivity index (χ1n) is 6.36. The minimum Gasteiger partial charge on any atom is -0.406 e. The van der Waals surface area contributed by atoms with Crippen LogP contribution in [0, 0.1) is 5.92 Å². The maximum atomic E-state index is 12.0. The number of ether oxygens (including phenoxy) is 2. The second-order valence-electron chi connectivity index (χ2n) is 4.79. The summed E-state index contributed by atoms with van der Waals surface area (Å²) in [6, 6.07) is 5.89. The quantitative estimate of drug-likeness (QED) is 0.643. The smallest absolute Gasteiger partial charge is 0.406 e. The van der Waals surface area contributed by atoms with Crippen molar-refractivity contribution < 1.29 is 22.6 Å². The van der Waals surface area contributed by atoms with Crippen LogP contribution in [-0.2, 0) is 11.2 Å². The zero-order chi connectivity index (χ0) is 14.6. The summed E-state index contributed by atoms with van der Waals surface area (Å²) in [7, 11) is 0. The third-order valence-electron chi connectivity index (χ3n) is 3.36. The van der Waals surface area contributed by atoms with Gasteiger partial charge in [-0.2, -0.15) is 0 Å². The van der Waals surface area contributed by atoms with E-state index in [1.807, 2.05) is 0 Å². The monoisotopic (exact) mass is 290 g/mol. The number of hydrogen-bond acceptors (Lipinski definition) is 4. The molecule has 1 aliphatic rings. The van der Waals surface area contributed by atoms with E-state index in [1.54, 1.807) is 12.1 Å². The molecule has 112 valence electrons. The molecule has 0 aromatic heterocycles. The lowest BCUT2D eigenvalue weighted by molar-refractivity contribution is -0.274. The summed E-state index contributed by atoms with van der Waals surface area (Å²) in [5, 5.41) is 0. The molecule has 7 heteroatoms. The Morgan fingerprint density at radius 1 is 1.35 bits per heavy atom. The molecule has 1 fully saturated rings. The molecule has 1 aliphatic heterocycles. The average molecular weight is 290 g/mol. The molecule has 0 aliphatic carbocycles. The van der Waals surface area contributed by atoms with Crippen molar-refractivity contribution in [2.45, 2.75) is 25.2 Å². The highest BCUT2D eigenvalue weighted by Crippen LogP contribution is 2.24. The van der Waals surface area contributed by atoms with E-state index in [9.17, 15) is 13.2 Å². The van der Waals surface area contributed by atoms with Gasteiger partial charge in [-0.15, -0.1) is 13.2 Å². The highest BCUT2D eigenvalue weighted by molar-refractivity contribution is 5.28. The van der Waals surface area contributed by atoms with Crippen molar-refractivity contribution in [2.24, 2.45) is 11.8 Å². The summed E-state index contributed by atoms with van der Waals surface area (Å²) in [6.45, 7) is 1.38. The fourth-order valence-electron chi connectivity index (χ4n) is 2.31. The van der Waals surface area contributed by atoms with E-state index in [2.05, 4.69) is 10.2 Å². The van der Waals surface area contributed by atoms with Gasteiger partial charge in [0.2, 0.25) is 0 Å². The highest BCUT2D eigenvalue weighted by Gasteiger charge is 2.31. The Kier molecular flexibility index (Phi) is 4.85. The fraction of sp³-hybridized carbons (Fsp3) is 0.538. The average Bonchev–Trinajstić information content (AvgIpc) is 2.90. The minimum atomic E-state index is -4.66. The van der Waals surface area contributed by atoms with Gasteiger partial charge in [0.25, 0.3) is 0 Å². The van der Waals surface area contributed by atoms with Crippen LogP contribution >= 0.6 is 0 Å². The lowest BCUT2D eigenvalue weighted by Crippen LogP contribution is -2.42. The molecule has 1 heterocycles. The number of rotatable bonds is 5. The van der Waals surface area contributed by atoms with Gasteiger partial charge in [0, 0.05) is 18.6 Å². The molecule has 1 aromatic carbocycles. The molecule has 0 spiro atoms. The van der Waals surface area contributed by atoms with Gasteiger partial charge in [-0.25, -0.2) is 0 Å². The molecule has 2 atom stereocenters. The van der Waals surface area contributed by atoms with E-state index >= 15 is 0 Å². The van der Waals surface area contributed by atoms with Crippen molar-refractivity contribution in [1.29, 1.82) is 0 Å². The summed E-state index contributed by atoms with van der Waals surface area (Å²) in [4.78, 5) is 0. The Hall–Kier alpha value is -1.31. The van der Waals surface area contributed by atoms with E-state index in [1.165, 1.54) is 12.1 Å². The van der Waals surface area contributed by atoms with E-state index in [0.29, 0.717) is 18.9 Å². The van der Waals surface area contributed by atoms with Crippen molar-refractivity contribution in [1.82, 2.24) is 5.43 Å². The zero-order valence-electron chi connectivity index (χ0n) is 10.8. The fourth-order valence-corrected chi connectivity index (χ4v) is 2.31. The van der Waals surface area contributed by atoms with Crippen LogP contribution in [0.5, 0.6) is 5.75 Å². The van der Waals surface area contributed by atoms with Gasteiger partial charge < -0.3 is 9.47 Å². The van der Waals surface area contributed by atoms with Gasteiger partial charge >= 0.3 is 6.36 Å². The molecule has 1 aromatic rings. The van der Waals surface area contributed by atoms with Crippen LogP contribution in [0.3, 0.4) is 0 Å². The molecule has 0 amide bonds. The maximum absolute atomic E-state index is 12.0. The summed E-state index contributed by atoms with van der Waals surface area (Å²) in [5.41, 5.74) is 3.65. The number of nitrogens with one attached hydrogen (secondary N) is 1. The van der Waals surface area contributed by atoms with Crippen LogP contribution in [0.4, 0.5) is 13.2 Å². The molecule has 3 N–H and O–H groups in total. The predicted molar refractivity (Wildman–Crippen MR) is 66.9 cm³/mol. The number of halogens is 3. The van der Waals surface area contributed by atoms with E-state index in [-0.39, 0.29) is 11.8 Å². The minimum absolute atomic E-state index is 0.0480. The molecule has 0 radical (unpaired) electrons. The molecule has 2 unspecified atom stereocenters. The van der Waals surface area contributed by atoms with Crippen LogP contribution in [-0.4, -0.2) is 25.6 Å². The number of hydrogen-bond donors (Lipinski definition) is 2. The molecule has 1 saturated heterocycles. The number of benzene rings is 1. The second kappa shape index (κ2) is 6.43. The summed E-state index contributed by atoms with van der Waals surface area (Å²) < 4.78 is 45.3. The van der Waals surface area contributed by atoms with Gasteiger partial charge in [0.15, 0.2) is 0 Å². The molecular formula is C13H17F3N2O2. The van der Waals surface area contributed by atoms with Gasteiger partial charge in [0.05, 0.1) is 6.61 Å². The van der Waals surface area contributed by atoms with Crippen molar-refractivity contribution in [3.8, 4) is 5.75 Å². The van der Waals surface area contributed by atoms with E-state index in [4.69, 9.17) is 10.6 Å². The summed E-state index contributed by atoms with van der Waals surface area (Å²) in [6.07, 6.45) is -3.09. The topological polar surface area (TPSA) is 56.5 Å². The van der Waals surface area contributed by atoms with Crippen molar-refractivity contribution in [3.05, 3.63) is 29.8 Å². The first kappa shape index (κ1) is 15.1. The lowest BCUT2D eigenvalue weighted by atomic mass is 9.93. The van der Waals surface area contributed by atoms with Crippen LogP contribution in [0.2, 0.25) is 0 Å². The molecule has 4 nitrogen and oxygen atoms in total. The van der Waals surface area contributed by atoms with Gasteiger partial charge in [-0.05, 0) is 30.5 Å². The van der Waals surface area contributed by atoms with E-state index in [0.717, 1.165) is 18.6 Å². The number of alkyl halides is 3. The van der Waals surface area contributed by atoms with E-state index < -0.39 is 6.36 Å². The molecule has 2 rings (SSSR count). The molecule has 0 saturated carbocycles. The van der Waals surface area contributed by atoms with Crippen molar-refractivity contribution >= 4 is 0 Å². The van der Waals surface area contributed by atoms with Crippen LogP contribution in [0.1, 0.15) is 12.0 Å². The summed E-state index contributed by atoms with van der Waals surface area (Å²) in [5.74, 6) is 5.64. The lowest BCUT2D eigenvalue weighted by Gasteiger charge is -2.21. The van der Waals surface area contributed by atoms with Crippen LogP contribution in [0.25, 0.3) is 0 Å². The maximum Gasteiger partial charge on any atom is 0.573 e. The molecule has 0 bridgehead atoms. The molecular weight excluding hydrogens is 273 g/mol. The van der Waals surface area contributed by atoms with Gasteiger partial charge in [0.1, 0.15) is 5.75 Å². The number of hydrazine groups is 1. The highest BCUT2D eigenvalue weighted by atomic mass is 19.4. The van der Waals surface area contributed by atoms with Crippen LogP contribution in [0.15, 0.2) is 24.3 Å². The SMILES string of the molecule is NNC(Cc1ccc(OC(F)(F)F)cc1)C1CCOC1. The van der Waals surface area contributed by atoms with Crippen molar-refractivity contribution in [2.75, 3.05) is 13.2 Å². The van der Waals surface area contributed by atoms with Gasteiger partial charge in [-0.1, -0.05) is 12.1 Å². The Morgan fingerprint density at radius 2 is 2.05 bits per heavy atom. The Bertz CT molecular complexity index is 417. The van der Waals surface area contributed by atoms with Crippen LogP contribution < -0.4 is 16.0 Å². The third-order valence-corrected chi connectivity index (χ3v) is 3.36. The zero-order valence-corrected chi connectivity index (χ0v) is 10.8. The molecule has 20 heavy (non-hydrogen) atoms. The second-order valence-corrected chi connectivity index (χ2v) is 4.79. The largest absolute Gasteiger partial charge is 0.573 e. The Balaban J connectivity index is 1.95. The standard InChI is InChI=1S/C13H17F3N2O2/c14-13(15,16)20-11-3-1-9(2-4-11)7-12(18-17)10-5-6-19-8-10/h1-4,10,12,18H,5-8,17H2. The first-order chi connectivity index (χ1) is 9.48. The van der Waals surface area contributed by atoms with Crippen molar-refractivity contribution in [3.63, 3.8) is 0 Å². The summed E-state index contributed by atoms with van der Waals surface area (Å²) >= 11 is 0. The Morgan fingerprint density at radius 3 is 2.55 bits per heavy atom.